The lowest BCUT2D eigenvalue weighted by atomic mass is 9.59. The average Bonchev–Trinajstić information content (AvgIpc) is 2.15. The van der Waals surface area contributed by atoms with Crippen LogP contribution in [0.2, 0.25) is 0 Å². The Morgan fingerprint density at radius 1 is 1.41 bits per heavy atom. The van der Waals surface area contributed by atoms with Crippen molar-refractivity contribution in [2.45, 2.75) is 47.5 Å². The molecule has 98 valence electrons. The maximum absolute atomic E-state index is 12.1. The van der Waals surface area contributed by atoms with Gasteiger partial charge in [-0.05, 0) is 24.7 Å². The number of esters is 1. The normalized spacial score (nSPS) is 32.3. The van der Waals surface area contributed by atoms with Crippen LogP contribution in [0.4, 0.5) is 0 Å². The van der Waals surface area contributed by atoms with E-state index in [0.717, 1.165) is 6.42 Å². The van der Waals surface area contributed by atoms with E-state index < -0.39 is 0 Å². The smallest absolute Gasteiger partial charge is 0.309 e. The second-order valence-corrected chi connectivity index (χ2v) is 5.74. The fraction of sp³-hybridized carbons (Fsp3) is 0.857. The second-order valence-electron chi connectivity index (χ2n) is 5.74. The standard InChI is InChI=1S/C14H24O3/c1-6-10-9(3)12(13(16)17-7-2)14(4,5)8-11(10)15/h9-10,12H,6-8H2,1-5H3/t9-,10+,12-/m0/s1. The molecule has 0 aromatic heterocycles. The van der Waals surface area contributed by atoms with E-state index in [9.17, 15) is 9.59 Å². The molecule has 0 N–H and O–H groups in total. The summed E-state index contributed by atoms with van der Waals surface area (Å²) in [5.41, 5.74) is -0.283. The van der Waals surface area contributed by atoms with Crippen molar-refractivity contribution in [1.29, 1.82) is 0 Å². The number of rotatable bonds is 3. The molecular formula is C14H24O3. The van der Waals surface area contributed by atoms with Gasteiger partial charge in [-0.3, -0.25) is 9.59 Å². The van der Waals surface area contributed by atoms with Crippen molar-refractivity contribution in [2.75, 3.05) is 6.61 Å². The quantitative estimate of drug-likeness (QED) is 0.712. The molecule has 1 saturated carbocycles. The van der Waals surface area contributed by atoms with E-state index in [4.69, 9.17) is 4.74 Å². The molecule has 1 fully saturated rings. The number of ether oxygens (including phenoxy) is 1. The first-order chi connectivity index (χ1) is 7.85. The van der Waals surface area contributed by atoms with Crippen molar-refractivity contribution in [3.63, 3.8) is 0 Å². The number of carbonyl (C=O) groups is 2. The van der Waals surface area contributed by atoms with Crippen LogP contribution in [0.3, 0.4) is 0 Å². The van der Waals surface area contributed by atoms with Crippen LogP contribution in [0.25, 0.3) is 0 Å². The fourth-order valence-corrected chi connectivity index (χ4v) is 3.29. The number of carbonyl (C=O) groups excluding carboxylic acids is 2. The highest BCUT2D eigenvalue weighted by molar-refractivity contribution is 5.86. The van der Waals surface area contributed by atoms with Gasteiger partial charge in [-0.15, -0.1) is 0 Å². The van der Waals surface area contributed by atoms with Crippen molar-refractivity contribution in [2.24, 2.45) is 23.2 Å². The monoisotopic (exact) mass is 240 g/mol. The van der Waals surface area contributed by atoms with Crippen LogP contribution in [-0.4, -0.2) is 18.4 Å². The topological polar surface area (TPSA) is 43.4 Å². The minimum atomic E-state index is -0.283. The molecule has 3 atom stereocenters. The van der Waals surface area contributed by atoms with Gasteiger partial charge in [-0.25, -0.2) is 0 Å². The maximum atomic E-state index is 12.1. The zero-order valence-electron chi connectivity index (χ0n) is 11.6. The molecule has 0 bridgehead atoms. The minimum absolute atomic E-state index is 0.0115. The summed E-state index contributed by atoms with van der Waals surface area (Å²) in [7, 11) is 0. The summed E-state index contributed by atoms with van der Waals surface area (Å²) in [6.07, 6.45) is 1.30. The molecular weight excluding hydrogens is 216 g/mol. The Hall–Kier alpha value is -0.860. The zero-order valence-corrected chi connectivity index (χ0v) is 11.6. The predicted octanol–water partition coefficient (Wildman–Crippen LogP) is 2.83. The molecule has 3 heteroatoms. The first-order valence-corrected chi connectivity index (χ1v) is 6.54. The zero-order chi connectivity index (χ0) is 13.2. The van der Waals surface area contributed by atoms with Gasteiger partial charge in [0, 0.05) is 12.3 Å². The molecule has 0 amide bonds. The summed E-state index contributed by atoms with van der Waals surface area (Å²) in [6, 6.07) is 0. The molecule has 0 spiro atoms. The summed E-state index contributed by atoms with van der Waals surface area (Å²) in [5.74, 6) is 0.0827. The SMILES string of the molecule is CCOC(=O)[C@@H]1[C@@H](C)[C@@H](CC)C(=O)CC1(C)C. The van der Waals surface area contributed by atoms with Crippen LogP contribution in [0.5, 0.6) is 0 Å². The highest BCUT2D eigenvalue weighted by Gasteiger charge is 2.49. The Morgan fingerprint density at radius 3 is 2.47 bits per heavy atom. The van der Waals surface area contributed by atoms with Gasteiger partial charge in [0.15, 0.2) is 0 Å². The van der Waals surface area contributed by atoms with Crippen LogP contribution < -0.4 is 0 Å². The van der Waals surface area contributed by atoms with Gasteiger partial charge in [-0.1, -0.05) is 27.7 Å². The van der Waals surface area contributed by atoms with Gasteiger partial charge in [-0.2, -0.15) is 0 Å². The van der Waals surface area contributed by atoms with Gasteiger partial charge in [0.2, 0.25) is 0 Å². The first-order valence-electron chi connectivity index (χ1n) is 6.54. The molecule has 0 aromatic carbocycles. The molecule has 0 aromatic rings. The van der Waals surface area contributed by atoms with Crippen LogP contribution in [-0.2, 0) is 14.3 Å². The number of hydrogen-bond acceptors (Lipinski definition) is 3. The Balaban J connectivity index is 2.98. The van der Waals surface area contributed by atoms with E-state index in [2.05, 4.69) is 0 Å². The molecule has 3 nitrogen and oxygen atoms in total. The third kappa shape index (κ3) is 2.70. The molecule has 1 aliphatic carbocycles. The highest BCUT2D eigenvalue weighted by Crippen LogP contribution is 2.46. The lowest BCUT2D eigenvalue weighted by Crippen LogP contribution is -2.48. The number of hydrogen-bond donors (Lipinski definition) is 0. The lowest BCUT2D eigenvalue weighted by Gasteiger charge is -2.44. The van der Waals surface area contributed by atoms with Crippen LogP contribution in [0.1, 0.15) is 47.5 Å². The third-order valence-corrected chi connectivity index (χ3v) is 4.03. The summed E-state index contributed by atoms with van der Waals surface area (Å²) in [5, 5.41) is 0. The highest BCUT2D eigenvalue weighted by atomic mass is 16.5. The van der Waals surface area contributed by atoms with E-state index >= 15 is 0 Å². The van der Waals surface area contributed by atoms with Crippen molar-refractivity contribution < 1.29 is 14.3 Å². The molecule has 0 unspecified atom stereocenters. The first kappa shape index (κ1) is 14.2. The Labute approximate surface area is 104 Å². The Kier molecular flexibility index (Phi) is 4.34. The number of Topliss-reactive ketones (excluding diaryl/α,β-unsaturated/α-hetero) is 1. The van der Waals surface area contributed by atoms with Crippen molar-refractivity contribution in [3.05, 3.63) is 0 Å². The third-order valence-electron chi connectivity index (χ3n) is 4.03. The maximum Gasteiger partial charge on any atom is 0.309 e. The second kappa shape index (κ2) is 5.19. The number of ketones is 1. The molecule has 0 heterocycles. The minimum Gasteiger partial charge on any atom is -0.466 e. The van der Waals surface area contributed by atoms with Crippen LogP contribution in [0, 0.1) is 23.2 Å². The molecule has 1 rings (SSSR count). The van der Waals surface area contributed by atoms with E-state index in [1.165, 1.54) is 0 Å². The molecule has 0 aliphatic heterocycles. The van der Waals surface area contributed by atoms with Crippen molar-refractivity contribution in [3.8, 4) is 0 Å². The average molecular weight is 240 g/mol. The summed E-state index contributed by atoms with van der Waals surface area (Å²) >= 11 is 0. The van der Waals surface area contributed by atoms with E-state index in [1.54, 1.807) is 0 Å². The largest absolute Gasteiger partial charge is 0.466 e. The van der Waals surface area contributed by atoms with E-state index in [-0.39, 0.29) is 29.1 Å². The molecule has 17 heavy (non-hydrogen) atoms. The summed E-state index contributed by atoms with van der Waals surface area (Å²) < 4.78 is 5.17. The summed E-state index contributed by atoms with van der Waals surface area (Å²) in [6.45, 7) is 10.2. The van der Waals surface area contributed by atoms with Gasteiger partial charge in [0.05, 0.1) is 12.5 Å². The van der Waals surface area contributed by atoms with E-state index in [0.29, 0.717) is 18.8 Å². The van der Waals surface area contributed by atoms with Gasteiger partial charge in [0.25, 0.3) is 0 Å². The van der Waals surface area contributed by atoms with Crippen molar-refractivity contribution in [1.82, 2.24) is 0 Å². The van der Waals surface area contributed by atoms with Gasteiger partial charge in [0.1, 0.15) is 5.78 Å². The summed E-state index contributed by atoms with van der Waals surface area (Å²) in [4.78, 5) is 24.1. The van der Waals surface area contributed by atoms with Gasteiger partial charge < -0.3 is 4.74 Å². The van der Waals surface area contributed by atoms with Crippen molar-refractivity contribution >= 4 is 11.8 Å². The van der Waals surface area contributed by atoms with E-state index in [1.807, 2.05) is 34.6 Å². The Bertz CT molecular complexity index is 307. The van der Waals surface area contributed by atoms with Crippen LogP contribution in [0.15, 0.2) is 0 Å². The van der Waals surface area contributed by atoms with Gasteiger partial charge >= 0.3 is 5.97 Å². The predicted molar refractivity (Wildman–Crippen MR) is 66.5 cm³/mol. The Morgan fingerprint density at radius 2 is 2.00 bits per heavy atom. The lowest BCUT2D eigenvalue weighted by molar-refractivity contribution is -0.161. The molecule has 1 aliphatic rings. The van der Waals surface area contributed by atoms with Crippen LogP contribution >= 0.6 is 0 Å². The fourth-order valence-electron chi connectivity index (χ4n) is 3.29. The molecule has 0 saturated heterocycles. The molecule has 0 radical (unpaired) electrons.